The number of aromatic nitrogens is 1. The summed E-state index contributed by atoms with van der Waals surface area (Å²) in [6.45, 7) is 14.8. The van der Waals surface area contributed by atoms with Gasteiger partial charge in [0.1, 0.15) is 17.3 Å². The second kappa shape index (κ2) is 8.62. The number of carbonyl (C=O) groups excluding carboxylic acids is 1. The lowest BCUT2D eigenvalue weighted by Crippen LogP contribution is -2.56. The van der Waals surface area contributed by atoms with Gasteiger partial charge in [0.25, 0.3) is 0 Å². The van der Waals surface area contributed by atoms with E-state index >= 15 is 0 Å². The Kier molecular flexibility index (Phi) is 6.43. The van der Waals surface area contributed by atoms with Gasteiger partial charge in [0.15, 0.2) is 5.78 Å². The van der Waals surface area contributed by atoms with Crippen molar-refractivity contribution in [2.75, 3.05) is 12.3 Å². The second-order valence-corrected chi connectivity index (χ2v) is 11.6. The minimum absolute atomic E-state index is 0.0166. The maximum absolute atomic E-state index is 15.0. The quantitative estimate of drug-likeness (QED) is 0.441. The van der Waals surface area contributed by atoms with E-state index in [1.54, 1.807) is 19.1 Å². The second-order valence-electron chi connectivity index (χ2n) is 8.55. The Morgan fingerprint density at radius 2 is 2.06 bits per heavy atom. The van der Waals surface area contributed by atoms with Crippen molar-refractivity contribution in [2.24, 2.45) is 10.7 Å². The number of nitrogens with zero attached hydrogens (tertiary/aromatic N) is 3. The predicted molar refractivity (Wildman–Crippen MR) is 127 cm³/mol. The minimum Gasteiger partial charge on any atom is -0.386 e. The fourth-order valence-corrected chi connectivity index (χ4v) is 6.52. The molecule has 2 aromatic rings. The number of rotatable bonds is 6. The summed E-state index contributed by atoms with van der Waals surface area (Å²) in [6.07, 6.45) is 1.37. The van der Waals surface area contributed by atoms with Crippen molar-refractivity contribution >= 4 is 27.8 Å². The van der Waals surface area contributed by atoms with Gasteiger partial charge in [-0.15, -0.1) is 0 Å². The molecule has 2 atom stereocenters. The number of hydrogen-bond acceptors (Lipinski definition) is 6. The summed E-state index contributed by atoms with van der Waals surface area (Å²) in [5.41, 5.74) is 6.64. The third kappa shape index (κ3) is 4.26. The molecule has 1 aliphatic heterocycles. The van der Waals surface area contributed by atoms with E-state index in [1.165, 1.54) is 24.4 Å². The number of pyridine rings is 1. The van der Waals surface area contributed by atoms with Crippen LogP contribution in [-0.2, 0) is 12.0 Å². The number of aliphatic imine (C=N–C) groups is 1. The smallest absolute Gasteiger partial charge is 0.205 e. The van der Waals surface area contributed by atoms with Crippen molar-refractivity contribution in [1.29, 1.82) is 0 Å². The lowest BCUT2D eigenvalue weighted by atomic mass is 9.90. The van der Waals surface area contributed by atoms with Crippen molar-refractivity contribution < 1.29 is 13.7 Å². The molecule has 1 aromatic carbocycles. The van der Waals surface area contributed by atoms with Crippen LogP contribution in [0.25, 0.3) is 4.85 Å². The van der Waals surface area contributed by atoms with Gasteiger partial charge in [0.05, 0.1) is 16.9 Å². The third-order valence-corrected chi connectivity index (χ3v) is 9.48. The minimum atomic E-state index is -2.45. The monoisotopic (exact) mass is 457 g/mol. The van der Waals surface area contributed by atoms with Crippen LogP contribution in [0.2, 0.25) is 0 Å². The molecule has 4 N–H and O–H groups in total. The van der Waals surface area contributed by atoms with Crippen LogP contribution in [0.15, 0.2) is 41.5 Å². The molecule has 0 spiro atoms. The van der Waals surface area contributed by atoms with Crippen molar-refractivity contribution in [3.63, 3.8) is 0 Å². The molecule has 2 heterocycles. The molecule has 0 fully saturated rings. The van der Waals surface area contributed by atoms with Crippen LogP contribution >= 0.6 is 10.5 Å². The SMILES string of the molecule is [C-]#[N+]c1ccc(C(=O)Cc2ccc(F)c([C@]3(C)CS(O)(NCC)C(C)(C)C(N)=N3)c2)nc1. The van der Waals surface area contributed by atoms with Crippen molar-refractivity contribution in [2.45, 2.75) is 44.4 Å². The Bertz CT molecular complexity index is 1110. The van der Waals surface area contributed by atoms with Gasteiger partial charge in [-0.2, -0.15) is 0 Å². The van der Waals surface area contributed by atoms with E-state index in [0.29, 0.717) is 17.8 Å². The molecule has 0 saturated heterocycles. The molecule has 0 saturated carbocycles. The molecule has 170 valence electrons. The molecule has 1 aliphatic rings. The Morgan fingerprint density at radius 3 is 2.66 bits per heavy atom. The Hall–Kier alpha value is -2.80. The van der Waals surface area contributed by atoms with Gasteiger partial charge in [-0.1, -0.05) is 29.6 Å². The average molecular weight is 458 g/mol. The van der Waals surface area contributed by atoms with Gasteiger partial charge >= 0.3 is 0 Å². The lowest BCUT2D eigenvalue weighted by molar-refractivity contribution is 0.0988. The van der Waals surface area contributed by atoms with Crippen LogP contribution in [0.4, 0.5) is 10.1 Å². The summed E-state index contributed by atoms with van der Waals surface area (Å²) in [5.74, 6) is -0.269. The number of carbonyl (C=O) groups is 1. The zero-order valence-electron chi connectivity index (χ0n) is 18.6. The highest BCUT2D eigenvalue weighted by atomic mass is 32.3. The first kappa shape index (κ1) is 23.9. The van der Waals surface area contributed by atoms with Gasteiger partial charge < -0.3 is 10.3 Å². The van der Waals surface area contributed by atoms with E-state index < -0.39 is 26.6 Å². The summed E-state index contributed by atoms with van der Waals surface area (Å²) >= 11 is 0. The largest absolute Gasteiger partial charge is 0.386 e. The molecular weight excluding hydrogens is 429 g/mol. The van der Waals surface area contributed by atoms with Crippen LogP contribution in [-0.4, -0.2) is 38.2 Å². The molecule has 32 heavy (non-hydrogen) atoms. The third-order valence-electron chi connectivity index (χ3n) is 5.84. The zero-order chi connectivity index (χ0) is 23.7. The van der Waals surface area contributed by atoms with Gasteiger partial charge in [-0.05, 0) is 44.5 Å². The van der Waals surface area contributed by atoms with Crippen LogP contribution in [0, 0.1) is 12.4 Å². The molecular formula is C23H28FN5O2S. The molecule has 9 heteroatoms. The Balaban J connectivity index is 1.96. The number of halogens is 1. The summed E-state index contributed by atoms with van der Waals surface area (Å²) in [6, 6.07) is 7.52. The molecule has 1 unspecified atom stereocenters. The van der Waals surface area contributed by atoms with E-state index in [1.807, 2.05) is 20.8 Å². The zero-order valence-corrected chi connectivity index (χ0v) is 19.5. The molecule has 3 rings (SSSR count). The molecule has 0 amide bonds. The first-order valence-electron chi connectivity index (χ1n) is 10.2. The van der Waals surface area contributed by atoms with E-state index in [2.05, 4.69) is 19.5 Å². The van der Waals surface area contributed by atoms with Crippen molar-refractivity contribution in [3.8, 4) is 0 Å². The summed E-state index contributed by atoms with van der Waals surface area (Å²) < 4.78 is 28.8. The number of ketones is 1. The van der Waals surface area contributed by atoms with Crippen LogP contribution < -0.4 is 10.5 Å². The summed E-state index contributed by atoms with van der Waals surface area (Å²) in [4.78, 5) is 24.6. The molecule has 1 aromatic heterocycles. The van der Waals surface area contributed by atoms with E-state index in [-0.39, 0.29) is 35.0 Å². The Labute approximate surface area is 189 Å². The highest BCUT2D eigenvalue weighted by molar-refractivity contribution is 8.29. The Morgan fingerprint density at radius 1 is 1.34 bits per heavy atom. The number of Topliss-reactive ketones (excluding diaryl/α,β-unsaturated/α-hetero) is 1. The highest BCUT2D eigenvalue weighted by Crippen LogP contribution is 2.59. The molecule has 7 nitrogen and oxygen atoms in total. The van der Waals surface area contributed by atoms with Crippen molar-refractivity contribution in [3.05, 3.63) is 70.6 Å². The molecule has 0 radical (unpaired) electrons. The normalized spacial score (nSPS) is 26.5. The fourth-order valence-electron chi connectivity index (χ4n) is 3.79. The standard InChI is InChI=1S/C23H28FN5O2S/c1-6-28-32(31)14-23(4,29-21(25)22(32,2)3)17-11-15(7-9-18(17)24)12-20(30)19-10-8-16(26-5)13-27-19/h7-11,13,28,31H,6,12,14H2,1-4H3,(H2,25,29)/t23-/m0/s1. The predicted octanol–water partition coefficient (Wildman–Crippen LogP) is 4.36. The molecule has 0 bridgehead atoms. The topological polar surface area (TPSA) is 105 Å². The van der Waals surface area contributed by atoms with Gasteiger partial charge in [-0.25, -0.2) is 9.24 Å². The summed E-state index contributed by atoms with van der Waals surface area (Å²) in [5, 5.41) is 0. The number of amidine groups is 1. The first-order chi connectivity index (χ1) is 15.0. The van der Waals surface area contributed by atoms with Crippen LogP contribution in [0.3, 0.4) is 0 Å². The molecule has 0 aliphatic carbocycles. The van der Waals surface area contributed by atoms with Crippen molar-refractivity contribution in [1.82, 2.24) is 9.71 Å². The van der Waals surface area contributed by atoms with Crippen LogP contribution in [0.5, 0.6) is 0 Å². The van der Waals surface area contributed by atoms with E-state index in [0.717, 1.165) is 0 Å². The average Bonchev–Trinajstić information content (AvgIpc) is 2.74. The summed E-state index contributed by atoms with van der Waals surface area (Å²) in [7, 11) is -2.45. The lowest BCUT2D eigenvalue weighted by Gasteiger charge is -2.54. The van der Waals surface area contributed by atoms with Gasteiger partial charge in [0, 0.05) is 30.5 Å². The maximum Gasteiger partial charge on any atom is 0.205 e. The number of nitrogens with two attached hydrogens (primary N) is 1. The van der Waals surface area contributed by atoms with Crippen LogP contribution in [0.1, 0.15) is 49.3 Å². The van der Waals surface area contributed by atoms with E-state index in [4.69, 9.17) is 12.3 Å². The highest BCUT2D eigenvalue weighted by Gasteiger charge is 2.51. The number of hydrogen-bond donors (Lipinski definition) is 3. The maximum atomic E-state index is 15.0. The fraction of sp³-hybridized carbons (Fsp3) is 0.391. The number of benzene rings is 1. The van der Waals surface area contributed by atoms with Gasteiger partial charge in [-0.3, -0.25) is 19.5 Å². The number of nitrogens with one attached hydrogen (secondary N) is 1. The van der Waals surface area contributed by atoms with Gasteiger partial charge in [0.2, 0.25) is 5.69 Å². The first-order valence-corrected chi connectivity index (χ1v) is 12.0. The van der Waals surface area contributed by atoms with E-state index in [9.17, 15) is 13.7 Å².